The third kappa shape index (κ3) is 4.61. The van der Waals surface area contributed by atoms with Crippen LogP contribution in [0, 0.1) is 11.8 Å². The van der Waals surface area contributed by atoms with Crippen molar-refractivity contribution in [2.75, 3.05) is 18.6 Å². The summed E-state index contributed by atoms with van der Waals surface area (Å²) < 4.78 is 11.1. The first-order chi connectivity index (χ1) is 12.6. The molecule has 26 heavy (non-hydrogen) atoms. The van der Waals surface area contributed by atoms with Crippen molar-refractivity contribution in [1.82, 2.24) is 0 Å². The fraction of sp³-hybridized carbons (Fsp3) is 0.400. The Bertz CT molecular complexity index is 741. The number of thioether (sulfide) groups is 2. The Morgan fingerprint density at radius 1 is 1.31 bits per heavy atom. The lowest BCUT2D eigenvalue weighted by atomic mass is 9.97. The van der Waals surface area contributed by atoms with Gasteiger partial charge >= 0.3 is 0 Å². The highest BCUT2D eigenvalue weighted by atomic mass is 32.2. The first kappa shape index (κ1) is 19.3. The van der Waals surface area contributed by atoms with E-state index in [0.29, 0.717) is 17.6 Å². The van der Waals surface area contributed by atoms with Crippen molar-refractivity contribution in [2.45, 2.75) is 29.4 Å². The fourth-order valence-corrected chi connectivity index (χ4v) is 5.17. The zero-order valence-corrected chi connectivity index (χ0v) is 16.7. The van der Waals surface area contributed by atoms with Gasteiger partial charge in [0.05, 0.1) is 12.0 Å². The number of methoxy groups -OCH3 is 1. The van der Waals surface area contributed by atoms with Gasteiger partial charge in [0.2, 0.25) is 0 Å². The summed E-state index contributed by atoms with van der Waals surface area (Å²) in [5.74, 6) is 4.22. The molecule has 3 atom stereocenters. The maximum absolute atomic E-state index is 10.2. The van der Waals surface area contributed by atoms with E-state index in [1.54, 1.807) is 24.9 Å². The van der Waals surface area contributed by atoms with E-state index in [-0.39, 0.29) is 12.0 Å². The van der Waals surface area contributed by atoms with Crippen LogP contribution in [0.1, 0.15) is 13.3 Å². The summed E-state index contributed by atoms with van der Waals surface area (Å²) in [6, 6.07) is 13.7. The Kier molecular flexibility index (Phi) is 6.62. The highest BCUT2D eigenvalue weighted by molar-refractivity contribution is 7.99. The molecule has 0 spiro atoms. The molecule has 0 amide bonds. The lowest BCUT2D eigenvalue weighted by molar-refractivity contribution is 0.138. The Labute approximate surface area is 163 Å². The summed E-state index contributed by atoms with van der Waals surface area (Å²) >= 11 is 3.47. The number of nitrogens with two attached hydrogens (primary N) is 1. The summed E-state index contributed by atoms with van der Waals surface area (Å²) in [4.78, 5) is 2.01. The van der Waals surface area contributed by atoms with E-state index < -0.39 is 0 Å². The molecule has 140 valence electrons. The van der Waals surface area contributed by atoms with Gasteiger partial charge in [-0.2, -0.15) is 0 Å². The van der Waals surface area contributed by atoms with Crippen LogP contribution in [0.5, 0.6) is 17.2 Å². The maximum Gasteiger partial charge on any atom is 0.171 e. The molecule has 1 aliphatic heterocycles. The molecule has 0 bridgehead atoms. The normalized spacial score (nSPS) is 20.6. The smallest absolute Gasteiger partial charge is 0.171 e. The van der Waals surface area contributed by atoms with Crippen molar-refractivity contribution in [3.05, 3.63) is 42.5 Å². The van der Waals surface area contributed by atoms with Crippen molar-refractivity contribution in [3.63, 3.8) is 0 Å². The number of phenolic OH excluding ortho intramolecular Hbond substituents is 1. The largest absolute Gasteiger partial charge is 0.503 e. The molecule has 0 radical (unpaired) electrons. The van der Waals surface area contributed by atoms with E-state index in [1.807, 2.05) is 42.1 Å². The third-order valence-corrected chi connectivity index (χ3v) is 7.06. The average Bonchev–Trinajstić information content (AvgIpc) is 2.80. The second kappa shape index (κ2) is 8.93. The summed E-state index contributed by atoms with van der Waals surface area (Å²) in [7, 11) is 1.56. The Balaban J connectivity index is 1.56. The summed E-state index contributed by atoms with van der Waals surface area (Å²) in [5.41, 5.74) is 6.31. The predicted molar refractivity (Wildman–Crippen MR) is 108 cm³/mol. The van der Waals surface area contributed by atoms with Crippen molar-refractivity contribution in [3.8, 4) is 17.2 Å². The second-order valence-corrected chi connectivity index (χ2v) is 8.68. The quantitative estimate of drug-likeness (QED) is 0.702. The highest BCUT2D eigenvalue weighted by Crippen LogP contribution is 2.39. The molecule has 3 N–H and O–H groups in total. The van der Waals surface area contributed by atoms with E-state index in [9.17, 15) is 5.11 Å². The third-order valence-electron chi connectivity index (χ3n) is 4.44. The van der Waals surface area contributed by atoms with Gasteiger partial charge in [-0.3, -0.25) is 5.73 Å². The zero-order chi connectivity index (χ0) is 18.5. The molecule has 0 aliphatic carbocycles. The van der Waals surface area contributed by atoms with Crippen LogP contribution in [0.4, 0.5) is 0 Å². The molecule has 0 saturated carbocycles. The number of rotatable bonds is 6. The van der Waals surface area contributed by atoms with Crippen molar-refractivity contribution < 1.29 is 14.6 Å². The molecule has 3 rings (SSSR count). The van der Waals surface area contributed by atoms with Gasteiger partial charge in [-0.15, -0.1) is 23.5 Å². The SMILES string of the molecule is COc1cccc(SC[C@@H](C)C[C@H]2CSc3ccccc3OC2N)c1O. The molecule has 4 nitrogen and oxygen atoms in total. The van der Waals surface area contributed by atoms with Gasteiger partial charge in [0.1, 0.15) is 5.75 Å². The van der Waals surface area contributed by atoms with Crippen LogP contribution in [0.25, 0.3) is 0 Å². The number of phenols is 1. The summed E-state index contributed by atoms with van der Waals surface area (Å²) in [6.45, 7) is 2.22. The molecular formula is C20H25NO3S2. The number of hydrogen-bond donors (Lipinski definition) is 2. The monoisotopic (exact) mass is 391 g/mol. The number of hydrogen-bond acceptors (Lipinski definition) is 6. The lowest BCUT2D eigenvalue weighted by Crippen LogP contribution is -2.37. The minimum absolute atomic E-state index is 0.215. The van der Waals surface area contributed by atoms with E-state index in [1.165, 1.54) is 0 Å². The fourth-order valence-electron chi connectivity index (χ4n) is 3.00. The van der Waals surface area contributed by atoms with Crippen molar-refractivity contribution >= 4 is 23.5 Å². The molecule has 2 aromatic carbocycles. The van der Waals surface area contributed by atoms with Crippen LogP contribution >= 0.6 is 23.5 Å². The number of para-hydroxylation sites is 2. The average molecular weight is 392 g/mol. The van der Waals surface area contributed by atoms with Gasteiger partial charge in [-0.05, 0) is 36.6 Å². The maximum atomic E-state index is 10.2. The number of fused-ring (bicyclic) bond motifs is 1. The Morgan fingerprint density at radius 3 is 2.92 bits per heavy atom. The molecule has 0 saturated heterocycles. The summed E-state index contributed by atoms with van der Waals surface area (Å²) in [6.07, 6.45) is 0.698. The molecule has 1 aliphatic rings. The number of aromatic hydroxyl groups is 1. The van der Waals surface area contributed by atoms with E-state index in [2.05, 4.69) is 13.0 Å². The van der Waals surface area contributed by atoms with Crippen LogP contribution in [-0.4, -0.2) is 29.9 Å². The van der Waals surface area contributed by atoms with Gasteiger partial charge < -0.3 is 14.6 Å². The number of ether oxygens (including phenoxy) is 2. The highest BCUT2D eigenvalue weighted by Gasteiger charge is 2.26. The lowest BCUT2D eigenvalue weighted by Gasteiger charge is -2.24. The van der Waals surface area contributed by atoms with Crippen molar-refractivity contribution in [2.24, 2.45) is 17.6 Å². The van der Waals surface area contributed by atoms with Gasteiger partial charge in [-0.25, -0.2) is 0 Å². The van der Waals surface area contributed by atoms with E-state index in [4.69, 9.17) is 15.2 Å². The molecule has 2 aromatic rings. The van der Waals surface area contributed by atoms with Crippen LogP contribution < -0.4 is 15.2 Å². The Hall–Kier alpha value is -1.50. The topological polar surface area (TPSA) is 64.7 Å². The van der Waals surface area contributed by atoms with Gasteiger partial charge in [0.15, 0.2) is 17.7 Å². The molecule has 1 unspecified atom stereocenters. The molecular weight excluding hydrogens is 366 g/mol. The number of benzene rings is 2. The first-order valence-electron chi connectivity index (χ1n) is 8.71. The van der Waals surface area contributed by atoms with Gasteiger partial charge in [0.25, 0.3) is 0 Å². The zero-order valence-electron chi connectivity index (χ0n) is 15.1. The molecule has 0 fully saturated rings. The van der Waals surface area contributed by atoms with E-state index in [0.717, 1.165) is 33.5 Å². The molecule has 6 heteroatoms. The predicted octanol–water partition coefficient (Wildman–Crippen LogP) is 4.60. The van der Waals surface area contributed by atoms with Gasteiger partial charge in [0, 0.05) is 22.3 Å². The minimum atomic E-state index is -0.288. The van der Waals surface area contributed by atoms with Crippen LogP contribution in [0.15, 0.2) is 52.3 Å². The second-order valence-electron chi connectivity index (χ2n) is 6.56. The van der Waals surface area contributed by atoms with Crippen LogP contribution in [0.3, 0.4) is 0 Å². The van der Waals surface area contributed by atoms with Crippen LogP contribution in [-0.2, 0) is 0 Å². The molecule has 1 heterocycles. The summed E-state index contributed by atoms with van der Waals surface area (Å²) in [5, 5.41) is 10.2. The minimum Gasteiger partial charge on any atom is -0.503 e. The van der Waals surface area contributed by atoms with Gasteiger partial charge in [-0.1, -0.05) is 25.1 Å². The van der Waals surface area contributed by atoms with Crippen molar-refractivity contribution in [1.29, 1.82) is 0 Å². The van der Waals surface area contributed by atoms with E-state index >= 15 is 0 Å². The first-order valence-corrected chi connectivity index (χ1v) is 10.7. The Morgan fingerprint density at radius 2 is 2.12 bits per heavy atom. The molecule has 0 aromatic heterocycles. The standard InChI is InChI=1S/C20H25NO3S2/c1-13(11-25-18-9-5-7-16(23-2)19(18)22)10-14-12-26-17-8-4-3-6-15(17)24-20(14)21/h3-9,13-14,20,22H,10-12,21H2,1-2H3/t13-,14-,20?/m0/s1. The van der Waals surface area contributed by atoms with Crippen LogP contribution in [0.2, 0.25) is 0 Å².